The highest BCUT2D eigenvalue weighted by atomic mass is 19.1. The molecule has 0 aromatic heterocycles. The lowest BCUT2D eigenvalue weighted by atomic mass is 9.72. The number of ether oxygens (including phenoxy) is 1. The number of nitrogens with zero attached hydrogens (tertiary/aromatic N) is 1. The topological polar surface area (TPSA) is 73.8 Å². The summed E-state index contributed by atoms with van der Waals surface area (Å²) in [6.07, 6.45) is 3.55. The van der Waals surface area contributed by atoms with E-state index < -0.39 is 5.60 Å². The first-order chi connectivity index (χ1) is 16.9. The van der Waals surface area contributed by atoms with E-state index in [-0.39, 0.29) is 23.8 Å². The summed E-state index contributed by atoms with van der Waals surface area (Å²) in [5.41, 5.74) is 0.488. The Labute approximate surface area is 208 Å². The predicted octanol–water partition coefficient (Wildman–Crippen LogP) is 4.53. The number of urea groups is 1. The number of halogens is 1. The van der Waals surface area contributed by atoms with Gasteiger partial charge in [0.2, 0.25) is 0 Å². The molecule has 1 aliphatic rings. The number of carbonyl (C=O) groups is 1. The zero-order valence-corrected chi connectivity index (χ0v) is 21.2. The van der Waals surface area contributed by atoms with Gasteiger partial charge in [-0.05, 0) is 63.3 Å². The number of amides is 2. The van der Waals surface area contributed by atoms with E-state index in [0.717, 1.165) is 31.2 Å². The number of aliphatic hydroxyl groups is 1. The van der Waals surface area contributed by atoms with Gasteiger partial charge in [-0.25, -0.2) is 9.18 Å². The summed E-state index contributed by atoms with van der Waals surface area (Å²) in [5, 5.41) is 18.5. The van der Waals surface area contributed by atoms with Crippen LogP contribution in [0.2, 0.25) is 0 Å². The normalized spacial score (nSPS) is 18.7. The smallest absolute Gasteiger partial charge is 0.317 e. The highest BCUT2D eigenvalue weighted by molar-refractivity contribution is 5.74. The summed E-state index contributed by atoms with van der Waals surface area (Å²) >= 11 is 0. The minimum absolute atomic E-state index is 0.00583. The van der Waals surface area contributed by atoms with E-state index in [1.807, 2.05) is 50.4 Å². The van der Waals surface area contributed by atoms with Crippen molar-refractivity contribution in [2.75, 3.05) is 40.4 Å². The third kappa shape index (κ3) is 6.81. The maximum Gasteiger partial charge on any atom is 0.317 e. The van der Waals surface area contributed by atoms with Gasteiger partial charge in [-0.1, -0.05) is 42.5 Å². The number of likely N-dealkylation sites (N-methyl/N-ethyl adjacent to an activating group) is 1. The van der Waals surface area contributed by atoms with E-state index in [4.69, 9.17) is 4.74 Å². The second kappa shape index (κ2) is 13.0. The molecule has 3 atom stereocenters. The Morgan fingerprint density at radius 1 is 1.23 bits per heavy atom. The Kier molecular flexibility index (Phi) is 10.1. The van der Waals surface area contributed by atoms with Crippen molar-refractivity contribution in [1.29, 1.82) is 0 Å². The minimum Gasteiger partial charge on any atom is -0.385 e. The minimum atomic E-state index is -1.28. The molecule has 192 valence electrons. The van der Waals surface area contributed by atoms with Crippen molar-refractivity contribution in [2.45, 2.75) is 50.7 Å². The third-order valence-corrected chi connectivity index (χ3v) is 6.96. The molecule has 0 bridgehead atoms. The predicted molar refractivity (Wildman–Crippen MR) is 138 cm³/mol. The molecule has 2 aromatic carbocycles. The molecule has 6 nitrogen and oxygen atoms in total. The van der Waals surface area contributed by atoms with Crippen LogP contribution in [0.5, 0.6) is 0 Å². The van der Waals surface area contributed by atoms with Gasteiger partial charge < -0.3 is 25.4 Å². The van der Waals surface area contributed by atoms with Crippen LogP contribution in [-0.4, -0.2) is 62.5 Å². The van der Waals surface area contributed by atoms with Crippen molar-refractivity contribution in [1.82, 2.24) is 15.5 Å². The Bertz CT molecular complexity index is 942. The van der Waals surface area contributed by atoms with E-state index >= 15 is 4.39 Å². The van der Waals surface area contributed by atoms with Crippen LogP contribution in [0.1, 0.15) is 44.6 Å². The number of methoxy groups -OCH3 is 1. The Morgan fingerprint density at radius 2 is 2.00 bits per heavy atom. The van der Waals surface area contributed by atoms with Crippen molar-refractivity contribution in [2.24, 2.45) is 5.92 Å². The molecule has 1 saturated heterocycles. The average molecular weight is 486 g/mol. The highest BCUT2D eigenvalue weighted by Crippen LogP contribution is 2.44. The number of likely N-dealkylation sites (tertiary alicyclic amines) is 1. The van der Waals surface area contributed by atoms with Gasteiger partial charge in [-0.15, -0.1) is 0 Å². The summed E-state index contributed by atoms with van der Waals surface area (Å²) in [4.78, 5) is 14.8. The number of benzene rings is 2. The fourth-order valence-corrected chi connectivity index (χ4v) is 5.19. The number of piperidine rings is 1. The molecular formula is C28H40FN3O3. The first kappa shape index (κ1) is 27.1. The van der Waals surface area contributed by atoms with E-state index in [0.29, 0.717) is 43.8 Å². The molecule has 7 heteroatoms. The summed E-state index contributed by atoms with van der Waals surface area (Å²) in [5.74, 6) is -0.566. The fourth-order valence-electron chi connectivity index (χ4n) is 5.19. The quantitative estimate of drug-likeness (QED) is 0.409. The number of carbonyl (C=O) groups excluding carboxylic acids is 1. The fraction of sp³-hybridized carbons (Fsp3) is 0.536. The SMILES string of the molecule is CNC[C@H](C)NC(=O)N1CCC[C@@H]([C@@](O)(CCCCOC)c2cccc(F)c2-c2ccccc2)C1. The summed E-state index contributed by atoms with van der Waals surface area (Å²) in [7, 11) is 3.52. The number of rotatable bonds is 11. The molecule has 3 rings (SSSR count). The van der Waals surface area contributed by atoms with E-state index in [2.05, 4.69) is 10.6 Å². The van der Waals surface area contributed by atoms with Gasteiger partial charge in [-0.2, -0.15) is 0 Å². The van der Waals surface area contributed by atoms with Gasteiger partial charge in [0, 0.05) is 50.9 Å². The van der Waals surface area contributed by atoms with Gasteiger partial charge in [0.05, 0.1) is 5.60 Å². The van der Waals surface area contributed by atoms with Crippen molar-refractivity contribution in [3.63, 3.8) is 0 Å². The number of hydrogen-bond acceptors (Lipinski definition) is 4. The van der Waals surface area contributed by atoms with Crippen LogP contribution in [0, 0.1) is 11.7 Å². The molecule has 1 heterocycles. The molecule has 3 N–H and O–H groups in total. The standard InChI is InChI=1S/C28H40FN3O3/c1-21(19-30-2)31-27(33)32-17-10-13-23(20-32)28(34,16-7-8-18-35-3)24-14-9-15-25(29)26(24)22-11-5-4-6-12-22/h4-6,9,11-12,14-15,21,23,30,34H,7-8,10,13,16-20H2,1-3H3,(H,31,33)/t21-,23+,28-/m0/s1. The molecule has 2 amide bonds. The molecular weight excluding hydrogens is 445 g/mol. The molecule has 35 heavy (non-hydrogen) atoms. The van der Waals surface area contributed by atoms with Crippen LogP contribution in [-0.2, 0) is 10.3 Å². The Balaban J connectivity index is 1.95. The van der Waals surface area contributed by atoms with Crippen molar-refractivity contribution >= 4 is 6.03 Å². The van der Waals surface area contributed by atoms with Crippen LogP contribution in [0.15, 0.2) is 48.5 Å². The monoisotopic (exact) mass is 485 g/mol. The third-order valence-electron chi connectivity index (χ3n) is 6.96. The zero-order valence-electron chi connectivity index (χ0n) is 21.2. The molecule has 2 aromatic rings. The second-order valence-corrected chi connectivity index (χ2v) is 9.60. The van der Waals surface area contributed by atoms with Crippen molar-refractivity contribution < 1.29 is 19.0 Å². The molecule has 0 spiro atoms. The lowest BCUT2D eigenvalue weighted by Crippen LogP contribution is -2.53. The van der Waals surface area contributed by atoms with E-state index in [1.54, 1.807) is 18.1 Å². The van der Waals surface area contributed by atoms with Crippen LogP contribution in [0.3, 0.4) is 0 Å². The van der Waals surface area contributed by atoms with E-state index in [9.17, 15) is 9.90 Å². The van der Waals surface area contributed by atoms with Crippen molar-refractivity contribution in [3.05, 3.63) is 59.9 Å². The van der Waals surface area contributed by atoms with E-state index in [1.165, 1.54) is 6.07 Å². The first-order valence-electron chi connectivity index (χ1n) is 12.7. The number of nitrogens with one attached hydrogen (secondary N) is 2. The molecule has 0 radical (unpaired) electrons. The van der Waals surface area contributed by atoms with Gasteiger partial charge in [0.15, 0.2) is 0 Å². The van der Waals surface area contributed by atoms with Gasteiger partial charge in [0.1, 0.15) is 5.82 Å². The van der Waals surface area contributed by atoms with Crippen LogP contribution in [0.4, 0.5) is 9.18 Å². The number of hydrogen-bond donors (Lipinski definition) is 3. The summed E-state index contributed by atoms with van der Waals surface area (Å²) in [6.45, 7) is 4.30. The lowest BCUT2D eigenvalue weighted by molar-refractivity contribution is -0.0560. The van der Waals surface area contributed by atoms with Crippen LogP contribution >= 0.6 is 0 Å². The van der Waals surface area contributed by atoms with Gasteiger partial charge in [0.25, 0.3) is 0 Å². The summed E-state index contributed by atoms with van der Waals surface area (Å²) < 4.78 is 20.5. The molecule has 0 unspecified atom stereocenters. The average Bonchev–Trinajstić information content (AvgIpc) is 2.87. The first-order valence-corrected chi connectivity index (χ1v) is 12.7. The molecule has 0 saturated carbocycles. The largest absolute Gasteiger partial charge is 0.385 e. The Hall–Kier alpha value is -2.48. The lowest BCUT2D eigenvalue weighted by Gasteiger charge is -2.44. The number of unbranched alkanes of at least 4 members (excludes halogenated alkanes) is 1. The molecule has 1 aliphatic heterocycles. The Morgan fingerprint density at radius 3 is 2.71 bits per heavy atom. The van der Waals surface area contributed by atoms with Crippen LogP contribution in [0.25, 0.3) is 11.1 Å². The van der Waals surface area contributed by atoms with Crippen LogP contribution < -0.4 is 10.6 Å². The maximum atomic E-state index is 15.3. The molecule has 1 fully saturated rings. The van der Waals surface area contributed by atoms with Gasteiger partial charge in [-0.3, -0.25) is 0 Å². The summed E-state index contributed by atoms with van der Waals surface area (Å²) in [6, 6.07) is 14.2. The van der Waals surface area contributed by atoms with Crippen molar-refractivity contribution in [3.8, 4) is 11.1 Å². The zero-order chi connectivity index (χ0) is 25.3. The molecule has 0 aliphatic carbocycles. The maximum absolute atomic E-state index is 15.3. The second-order valence-electron chi connectivity index (χ2n) is 9.60. The highest BCUT2D eigenvalue weighted by Gasteiger charge is 2.43. The van der Waals surface area contributed by atoms with Gasteiger partial charge >= 0.3 is 6.03 Å².